The molecule has 3 atom stereocenters. The molecule has 2 aliphatic rings. The zero-order valence-electron chi connectivity index (χ0n) is 17.8. The zero-order chi connectivity index (χ0) is 22.0. The summed E-state index contributed by atoms with van der Waals surface area (Å²) >= 11 is 0. The van der Waals surface area contributed by atoms with Crippen LogP contribution in [0, 0.1) is 5.92 Å². The molecule has 0 amide bonds. The molecule has 0 radical (unpaired) electrons. The molecule has 2 N–H and O–H groups in total. The molecule has 0 saturated carbocycles. The van der Waals surface area contributed by atoms with Gasteiger partial charge in [-0.2, -0.15) is 4.31 Å². The highest BCUT2D eigenvalue weighted by atomic mass is 32.2. The summed E-state index contributed by atoms with van der Waals surface area (Å²) in [7, 11) is -3.71. The number of rotatable bonds is 9. The third-order valence-electron chi connectivity index (χ3n) is 5.95. The van der Waals surface area contributed by atoms with Gasteiger partial charge in [0.1, 0.15) is 23.1 Å². The van der Waals surface area contributed by atoms with Crippen molar-refractivity contribution < 1.29 is 18.3 Å². The van der Waals surface area contributed by atoms with Gasteiger partial charge in [-0.3, -0.25) is 0 Å². The molecule has 1 saturated heterocycles. The summed E-state index contributed by atoms with van der Waals surface area (Å²) in [5.41, 5.74) is 1.17. The lowest BCUT2D eigenvalue weighted by atomic mass is 10.0. The van der Waals surface area contributed by atoms with Crippen LogP contribution in [0.25, 0.3) is 0 Å². The Labute approximate surface area is 183 Å². The number of sulfonamides is 1. The molecular formula is C23H29N3O4S. The Bertz CT molecular complexity index is 1040. The van der Waals surface area contributed by atoms with Gasteiger partial charge in [0.2, 0.25) is 10.0 Å². The number of fused-ring (bicyclic) bond motifs is 2. The van der Waals surface area contributed by atoms with E-state index in [1.54, 1.807) is 12.1 Å². The van der Waals surface area contributed by atoms with Crippen molar-refractivity contribution in [1.29, 1.82) is 0 Å². The summed E-state index contributed by atoms with van der Waals surface area (Å²) in [6.45, 7) is 5.09. The molecule has 1 fully saturated rings. The van der Waals surface area contributed by atoms with Crippen molar-refractivity contribution >= 4 is 15.8 Å². The van der Waals surface area contributed by atoms with Crippen LogP contribution in [0.3, 0.4) is 0 Å². The summed E-state index contributed by atoms with van der Waals surface area (Å²) in [6.07, 6.45) is 6.02. The first-order valence-corrected chi connectivity index (χ1v) is 12.1. The van der Waals surface area contributed by atoms with Crippen molar-refractivity contribution in [3.63, 3.8) is 0 Å². The van der Waals surface area contributed by atoms with Gasteiger partial charge in [0, 0.05) is 12.2 Å². The molecule has 31 heavy (non-hydrogen) atoms. The van der Waals surface area contributed by atoms with E-state index in [2.05, 4.69) is 30.2 Å². The average Bonchev–Trinajstić information content (AvgIpc) is 3.39. The van der Waals surface area contributed by atoms with Crippen LogP contribution in [-0.2, 0) is 10.0 Å². The highest BCUT2D eigenvalue weighted by Gasteiger charge is 2.48. The van der Waals surface area contributed by atoms with Gasteiger partial charge in [-0.25, -0.2) is 13.4 Å². The number of nitrogens with zero attached hydrogens (tertiary/aromatic N) is 2. The summed E-state index contributed by atoms with van der Waals surface area (Å²) in [5, 5.41) is 12.8. The number of nitrogens with one attached hydrogen (secondary N) is 1. The third kappa shape index (κ3) is 4.33. The van der Waals surface area contributed by atoms with Crippen LogP contribution in [0.1, 0.15) is 31.7 Å². The maximum absolute atomic E-state index is 13.1. The fourth-order valence-electron chi connectivity index (χ4n) is 4.38. The highest BCUT2D eigenvalue weighted by Crippen LogP contribution is 2.40. The third-order valence-corrected chi connectivity index (χ3v) is 7.88. The van der Waals surface area contributed by atoms with E-state index in [0.717, 1.165) is 12.2 Å². The molecule has 1 aromatic heterocycles. The van der Waals surface area contributed by atoms with Crippen LogP contribution < -0.4 is 10.1 Å². The van der Waals surface area contributed by atoms with Crippen LogP contribution in [0.2, 0.25) is 0 Å². The van der Waals surface area contributed by atoms with Crippen molar-refractivity contribution in [2.45, 2.75) is 43.2 Å². The molecule has 1 aliphatic carbocycles. The Kier molecular flexibility index (Phi) is 6.31. The predicted molar refractivity (Wildman–Crippen MR) is 120 cm³/mol. The molecular weight excluding hydrogens is 414 g/mol. The second-order valence-electron chi connectivity index (χ2n) is 8.28. The molecule has 166 valence electrons. The second-order valence-corrected chi connectivity index (χ2v) is 10.1. The molecule has 7 nitrogen and oxygen atoms in total. The van der Waals surface area contributed by atoms with E-state index in [0.29, 0.717) is 24.9 Å². The van der Waals surface area contributed by atoms with E-state index >= 15 is 0 Å². The van der Waals surface area contributed by atoms with Crippen LogP contribution in [-0.4, -0.2) is 54.7 Å². The Morgan fingerprint density at radius 2 is 2.03 bits per heavy atom. The topological polar surface area (TPSA) is 91.8 Å². The van der Waals surface area contributed by atoms with Gasteiger partial charge in [0.25, 0.3) is 0 Å². The Morgan fingerprint density at radius 3 is 2.74 bits per heavy atom. The smallest absolute Gasteiger partial charge is 0.245 e. The van der Waals surface area contributed by atoms with E-state index in [9.17, 15) is 13.5 Å². The van der Waals surface area contributed by atoms with Crippen molar-refractivity contribution in [3.8, 4) is 5.75 Å². The molecule has 2 bridgehead atoms. The molecule has 3 unspecified atom stereocenters. The molecule has 4 rings (SSSR count). The number of ether oxygens (including phenoxy) is 1. The van der Waals surface area contributed by atoms with Crippen LogP contribution in [0.15, 0.2) is 59.6 Å². The number of aromatic nitrogens is 1. The van der Waals surface area contributed by atoms with Crippen molar-refractivity contribution in [2.75, 3.05) is 25.1 Å². The quantitative estimate of drug-likeness (QED) is 0.457. The number of benzene rings is 1. The molecule has 1 aliphatic heterocycles. The minimum absolute atomic E-state index is 0.0829. The monoisotopic (exact) mass is 443 g/mol. The lowest BCUT2D eigenvalue weighted by Crippen LogP contribution is -2.45. The maximum Gasteiger partial charge on any atom is 0.245 e. The van der Waals surface area contributed by atoms with Crippen LogP contribution in [0.5, 0.6) is 5.75 Å². The lowest BCUT2D eigenvalue weighted by Gasteiger charge is -2.30. The second kappa shape index (κ2) is 8.98. The minimum atomic E-state index is -3.71. The van der Waals surface area contributed by atoms with E-state index in [1.807, 2.05) is 30.4 Å². The Balaban J connectivity index is 1.35. The molecule has 8 heteroatoms. The summed E-state index contributed by atoms with van der Waals surface area (Å²) in [4.78, 5) is 4.41. The zero-order valence-corrected chi connectivity index (χ0v) is 18.6. The molecule has 2 heterocycles. The first kappa shape index (κ1) is 21.8. The van der Waals surface area contributed by atoms with E-state index in [-0.39, 0.29) is 23.5 Å². The largest absolute Gasteiger partial charge is 0.491 e. The van der Waals surface area contributed by atoms with Gasteiger partial charge in [0.15, 0.2) is 0 Å². The van der Waals surface area contributed by atoms with Gasteiger partial charge in [-0.15, -0.1) is 0 Å². The Hall–Kier alpha value is -2.42. The van der Waals surface area contributed by atoms with Gasteiger partial charge >= 0.3 is 0 Å². The summed E-state index contributed by atoms with van der Waals surface area (Å²) < 4.78 is 33.5. The molecule has 0 spiro atoms. The normalized spacial score (nSPS) is 22.9. The lowest BCUT2D eigenvalue weighted by molar-refractivity contribution is 0.186. The number of hydrogen-bond donors (Lipinski definition) is 2. The number of aliphatic hydroxyl groups is 1. The number of pyridine rings is 1. The SMILES string of the molecule is CC(C)c1ccccc1OCCNc1ccc(S(=O)(=O)N2C3C=CC(C3)C2CO)cn1. The van der Waals surface area contributed by atoms with Crippen molar-refractivity contribution in [2.24, 2.45) is 5.92 Å². The van der Waals surface area contributed by atoms with E-state index in [4.69, 9.17) is 4.74 Å². The summed E-state index contributed by atoms with van der Waals surface area (Å²) in [6, 6.07) is 10.6. The average molecular weight is 444 g/mol. The predicted octanol–water partition coefficient (Wildman–Crippen LogP) is 3.01. The van der Waals surface area contributed by atoms with Gasteiger partial charge < -0.3 is 15.2 Å². The van der Waals surface area contributed by atoms with Crippen molar-refractivity contribution in [1.82, 2.24) is 9.29 Å². The van der Waals surface area contributed by atoms with Crippen LogP contribution >= 0.6 is 0 Å². The first-order valence-electron chi connectivity index (χ1n) is 10.7. The van der Waals surface area contributed by atoms with Crippen LogP contribution in [0.4, 0.5) is 5.82 Å². The Morgan fingerprint density at radius 1 is 1.23 bits per heavy atom. The van der Waals surface area contributed by atoms with Crippen molar-refractivity contribution in [3.05, 3.63) is 60.3 Å². The standard InChI is InChI=1S/C23H29N3O4S/c1-16(2)20-5-3-4-6-22(20)30-12-11-24-23-10-9-19(14-25-23)31(28,29)26-18-8-7-17(13-18)21(26)15-27/h3-10,14,16-18,21,27H,11-13,15H2,1-2H3,(H,24,25). The highest BCUT2D eigenvalue weighted by molar-refractivity contribution is 7.89. The maximum atomic E-state index is 13.1. The number of aliphatic hydroxyl groups excluding tert-OH is 1. The fourth-order valence-corrected chi connectivity index (χ4v) is 6.14. The first-order chi connectivity index (χ1) is 14.9. The fraction of sp³-hybridized carbons (Fsp3) is 0.435. The number of para-hydroxylation sites is 1. The van der Waals surface area contributed by atoms with Gasteiger partial charge in [-0.1, -0.05) is 44.2 Å². The van der Waals surface area contributed by atoms with E-state index in [1.165, 1.54) is 16.1 Å². The summed E-state index contributed by atoms with van der Waals surface area (Å²) in [5.74, 6) is 1.92. The number of anilines is 1. The molecule has 1 aromatic carbocycles. The van der Waals surface area contributed by atoms with Gasteiger partial charge in [-0.05, 0) is 42.0 Å². The van der Waals surface area contributed by atoms with Gasteiger partial charge in [0.05, 0.1) is 19.2 Å². The number of hydrogen-bond acceptors (Lipinski definition) is 6. The van der Waals surface area contributed by atoms with E-state index < -0.39 is 16.1 Å². The minimum Gasteiger partial charge on any atom is -0.491 e. The molecule has 2 aromatic rings.